The Morgan fingerprint density at radius 3 is 2.81 bits per heavy atom. The maximum absolute atomic E-state index is 11.9. The molecule has 0 saturated carbocycles. The highest BCUT2D eigenvalue weighted by Gasteiger charge is 2.13. The van der Waals surface area contributed by atoms with Crippen molar-refractivity contribution in [3.8, 4) is 6.07 Å². The quantitative estimate of drug-likeness (QED) is 0.814. The standard InChI is InChI=1S/C12H14N2OS/c1-3-9(8-13)14-12(15)10-6-4-5-7-11(10)16-2/h4-7,9H,3H2,1-2H3,(H,14,15). The molecule has 0 bridgehead atoms. The Morgan fingerprint density at radius 1 is 1.56 bits per heavy atom. The van der Waals surface area contributed by atoms with Crippen molar-refractivity contribution in [2.45, 2.75) is 24.3 Å². The molecule has 1 aromatic carbocycles. The van der Waals surface area contributed by atoms with Gasteiger partial charge in [0.2, 0.25) is 0 Å². The van der Waals surface area contributed by atoms with E-state index in [4.69, 9.17) is 5.26 Å². The van der Waals surface area contributed by atoms with E-state index < -0.39 is 6.04 Å². The Bertz CT molecular complexity index is 412. The maximum Gasteiger partial charge on any atom is 0.253 e. The van der Waals surface area contributed by atoms with Gasteiger partial charge in [-0.3, -0.25) is 4.79 Å². The molecule has 0 aliphatic rings. The number of hydrogen-bond acceptors (Lipinski definition) is 3. The molecule has 0 spiro atoms. The first-order chi connectivity index (χ1) is 7.72. The van der Waals surface area contributed by atoms with Gasteiger partial charge in [0.1, 0.15) is 6.04 Å². The molecule has 1 rings (SSSR count). The van der Waals surface area contributed by atoms with Gasteiger partial charge in [0.25, 0.3) is 5.91 Å². The summed E-state index contributed by atoms with van der Waals surface area (Å²) in [6.45, 7) is 1.87. The van der Waals surface area contributed by atoms with Gasteiger partial charge in [-0.25, -0.2) is 0 Å². The smallest absolute Gasteiger partial charge is 0.253 e. The van der Waals surface area contributed by atoms with Crippen molar-refractivity contribution in [1.29, 1.82) is 5.26 Å². The van der Waals surface area contributed by atoms with Crippen molar-refractivity contribution < 1.29 is 4.79 Å². The molecule has 1 N–H and O–H groups in total. The van der Waals surface area contributed by atoms with Gasteiger partial charge in [0, 0.05) is 4.90 Å². The highest BCUT2D eigenvalue weighted by Crippen LogP contribution is 2.19. The van der Waals surface area contributed by atoms with E-state index in [0.29, 0.717) is 12.0 Å². The number of carbonyl (C=O) groups is 1. The zero-order chi connectivity index (χ0) is 12.0. The fourth-order valence-electron chi connectivity index (χ4n) is 1.29. The van der Waals surface area contributed by atoms with Crippen LogP contribution < -0.4 is 5.32 Å². The van der Waals surface area contributed by atoms with Crippen molar-refractivity contribution in [1.82, 2.24) is 5.32 Å². The number of amides is 1. The molecule has 1 aromatic rings. The monoisotopic (exact) mass is 234 g/mol. The van der Waals surface area contributed by atoms with Crippen molar-refractivity contribution in [2.24, 2.45) is 0 Å². The number of nitriles is 1. The van der Waals surface area contributed by atoms with Crippen LogP contribution in [0.4, 0.5) is 0 Å². The van der Waals surface area contributed by atoms with Gasteiger partial charge in [0.05, 0.1) is 11.6 Å². The van der Waals surface area contributed by atoms with Gasteiger partial charge in [-0.15, -0.1) is 11.8 Å². The molecule has 1 atom stereocenters. The van der Waals surface area contributed by atoms with Crippen LogP contribution in [-0.2, 0) is 0 Å². The number of benzene rings is 1. The van der Waals surface area contributed by atoms with E-state index in [-0.39, 0.29) is 5.91 Å². The molecule has 16 heavy (non-hydrogen) atoms. The van der Waals surface area contributed by atoms with E-state index in [0.717, 1.165) is 4.90 Å². The molecule has 0 aliphatic carbocycles. The van der Waals surface area contributed by atoms with Crippen LogP contribution in [0.3, 0.4) is 0 Å². The molecule has 1 unspecified atom stereocenters. The minimum Gasteiger partial charge on any atom is -0.336 e. The van der Waals surface area contributed by atoms with Crippen molar-refractivity contribution >= 4 is 17.7 Å². The van der Waals surface area contributed by atoms with E-state index in [1.807, 2.05) is 31.4 Å². The minimum atomic E-state index is -0.414. The van der Waals surface area contributed by atoms with Crippen LogP contribution in [0.1, 0.15) is 23.7 Å². The molecule has 0 fully saturated rings. The first kappa shape index (κ1) is 12.6. The Hall–Kier alpha value is -1.47. The number of hydrogen-bond donors (Lipinski definition) is 1. The molecule has 0 aliphatic heterocycles. The summed E-state index contributed by atoms with van der Waals surface area (Å²) < 4.78 is 0. The van der Waals surface area contributed by atoms with Crippen molar-refractivity contribution in [3.05, 3.63) is 29.8 Å². The Balaban J connectivity index is 2.85. The summed E-state index contributed by atoms with van der Waals surface area (Å²) in [4.78, 5) is 12.8. The summed E-state index contributed by atoms with van der Waals surface area (Å²) in [6.07, 6.45) is 2.54. The summed E-state index contributed by atoms with van der Waals surface area (Å²) in [5.74, 6) is -0.182. The minimum absolute atomic E-state index is 0.182. The molecule has 0 aromatic heterocycles. The predicted octanol–water partition coefficient (Wildman–Crippen LogP) is 2.44. The third-order valence-corrected chi connectivity index (χ3v) is 3.02. The van der Waals surface area contributed by atoms with Crippen LogP contribution >= 0.6 is 11.8 Å². The molecule has 3 nitrogen and oxygen atoms in total. The van der Waals surface area contributed by atoms with Crippen LogP contribution in [0.25, 0.3) is 0 Å². The number of carbonyl (C=O) groups excluding carboxylic acids is 1. The third kappa shape index (κ3) is 3.01. The predicted molar refractivity (Wildman–Crippen MR) is 65.4 cm³/mol. The number of thioether (sulfide) groups is 1. The van der Waals surface area contributed by atoms with E-state index in [2.05, 4.69) is 11.4 Å². The van der Waals surface area contributed by atoms with Gasteiger partial charge in [0.15, 0.2) is 0 Å². The topological polar surface area (TPSA) is 52.9 Å². The van der Waals surface area contributed by atoms with E-state index >= 15 is 0 Å². The van der Waals surface area contributed by atoms with Gasteiger partial charge in [-0.2, -0.15) is 5.26 Å². The van der Waals surface area contributed by atoms with Gasteiger partial charge in [-0.1, -0.05) is 19.1 Å². The molecule has 0 saturated heterocycles. The molecular weight excluding hydrogens is 220 g/mol. The summed E-state index contributed by atoms with van der Waals surface area (Å²) in [7, 11) is 0. The first-order valence-electron chi connectivity index (χ1n) is 5.06. The zero-order valence-corrected chi connectivity index (χ0v) is 10.2. The number of nitrogens with zero attached hydrogens (tertiary/aromatic N) is 1. The summed E-state index contributed by atoms with van der Waals surface area (Å²) in [5, 5.41) is 11.5. The second kappa shape index (κ2) is 6.19. The lowest BCUT2D eigenvalue weighted by Gasteiger charge is -2.11. The fraction of sp³-hybridized carbons (Fsp3) is 0.333. The van der Waals surface area contributed by atoms with Crippen LogP contribution in [0.2, 0.25) is 0 Å². The second-order valence-corrected chi connectivity index (χ2v) is 4.11. The molecule has 84 valence electrons. The highest BCUT2D eigenvalue weighted by molar-refractivity contribution is 7.98. The van der Waals surface area contributed by atoms with E-state index in [1.54, 1.807) is 6.07 Å². The Kier molecular flexibility index (Phi) is 4.87. The van der Waals surface area contributed by atoms with Crippen LogP contribution in [0, 0.1) is 11.3 Å². The van der Waals surface area contributed by atoms with Crippen molar-refractivity contribution in [3.63, 3.8) is 0 Å². The molecule has 1 amide bonds. The molecule has 0 heterocycles. The lowest BCUT2D eigenvalue weighted by atomic mass is 10.2. The lowest BCUT2D eigenvalue weighted by Crippen LogP contribution is -2.33. The number of nitrogens with one attached hydrogen (secondary N) is 1. The van der Waals surface area contributed by atoms with Crippen LogP contribution in [0.15, 0.2) is 29.2 Å². The van der Waals surface area contributed by atoms with Crippen molar-refractivity contribution in [2.75, 3.05) is 6.26 Å². The van der Waals surface area contributed by atoms with Gasteiger partial charge in [-0.05, 0) is 24.8 Å². The van der Waals surface area contributed by atoms with E-state index in [1.165, 1.54) is 11.8 Å². The first-order valence-corrected chi connectivity index (χ1v) is 6.28. The maximum atomic E-state index is 11.9. The number of rotatable bonds is 4. The summed E-state index contributed by atoms with van der Waals surface area (Å²) in [5.41, 5.74) is 0.628. The van der Waals surface area contributed by atoms with Gasteiger partial charge < -0.3 is 5.32 Å². The normalized spacial score (nSPS) is 11.6. The van der Waals surface area contributed by atoms with E-state index in [9.17, 15) is 4.79 Å². The second-order valence-electron chi connectivity index (χ2n) is 3.26. The third-order valence-electron chi connectivity index (χ3n) is 2.22. The molecule has 4 heteroatoms. The van der Waals surface area contributed by atoms with Crippen LogP contribution in [-0.4, -0.2) is 18.2 Å². The largest absolute Gasteiger partial charge is 0.336 e. The Labute approximate surface area is 99.8 Å². The average Bonchev–Trinajstić information content (AvgIpc) is 2.35. The Morgan fingerprint density at radius 2 is 2.25 bits per heavy atom. The zero-order valence-electron chi connectivity index (χ0n) is 9.36. The summed E-state index contributed by atoms with van der Waals surface area (Å²) in [6, 6.07) is 9.02. The fourth-order valence-corrected chi connectivity index (χ4v) is 1.89. The van der Waals surface area contributed by atoms with Crippen LogP contribution in [0.5, 0.6) is 0 Å². The highest BCUT2D eigenvalue weighted by atomic mass is 32.2. The lowest BCUT2D eigenvalue weighted by molar-refractivity contribution is 0.0941. The SMILES string of the molecule is CCC(C#N)NC(=O)c1ccccc1SC. The summed E-state index contributed by atoms with van der Waals surface area (Å²) >= 11 is 1.52. The van der Waals surface area contributed by atoms with Gasteiger partial charge >= 0.3 is 0 Å². The average molecular weight is 234 g/mol. The molecule has 0 radical (unpaired) electrons. The molecular formula is C12H14N2OS.